The van der Waals surface area contributed by atoms with Crippen LogP contribution in [0, 0.1) is 12.8 Å². The number of thiophene rings is 1. The first kappa shape index (κ1) is 15.0. The van der Waals surface area contributed by atoms with Crippen LogP contribution in [0.4, 0.5) is 0 Å². The summed E-state index contributed by atoms with van der Waals surface area (Å²) in [7, 11) is 0. The van der Waals surface area contributed by atoms with E-state index in [4.69, 9.17) is 11.6 Å². The second kappa shape index (κ2) is 6.76. The third-order valence-corrected chi connectivity index (χ3v) is 4.87. The van der Waals surface area contributed by atoms with E-state index in [0.29, 0.717) is 11.8 Å². The summed E-state index contributed by atoms with van der Waals surface area (Å²) in [6.45, 7) is 6.22. The molecule has 0 radical (unpaired) electrons. The second-order valence-electron chi connectivity index (χ2n) is 4.52. The van der Waals surface area contributed by atoms with Crippen molar-refractivity contribution < 1.29 is 4.79 Å². The van der Waals surface area contributed by atoms with Crippen molar-refractivity contribution in [3.63, 3.8) is 0 Å². The SMILES string of the molecule is Cc1cc(C(=O)NC(CCl)CC(C)C)sc1Br. The van der Waals surface area contributed by atoms with E-state index in [-0.39, 0.29) is 11.9 Å². The van der Waals surface area contributed by atoms with Crippen LogP contribution in [0.3, 0.4) is 0 Å². The topological polar surface area (TPSA) is 29.1 Å². The molecule has 2 nitrogen and oxygen atoms in total. The number of halogens is 2. The lowest BCUT2D eigenvalue weighted by Gasteiger charge is -2.17. The number of hydrogen-bond donors (Lipinski definition) is 1. The summed E-state index contributed by atoms with van der Waals surface area (Å²) in [6, 6.07) is 1.94. The zero-order valence-electron chi connectivity index (χ0n) is 10.2. The molecule has 1 amide bonds. The number of amides is 1. The van der Waals surface area contributed by atoms with Crippen LogP contribution in [0.5, 0.6) is 0 Å². The van der Waals surface area contributed by atoms with Gasteiger partial charge in [-0.1, -0.05) is 13.8 Å². The van der Waals surface area contributed by atoms with Gasteiger partial charge in [-0.05, 0) is 46.8 Å². The third kappa shape index (κ3) is 4.60. The quantitative estimate of drug-likeness (QED) is 0.801. The van der Waals surface area contributed by atoms with Gasteiger partial charge in [0.05, 0.1) is 8.66 Å². The van der Waals surface area contributed by atoms with E-state index in [1.54, 1.807) is 0 Å². The first-order valence-corrected chi connectivity index (χ1v) is 7.71. The molecule has 0 saturated carbocycles. The van der Waals surface area contributed by atoms with Crippen molar-refractivity contribution in [2.45, 2.75) is 33.2 Å². The largest absolute Gasteiger partial charge is 0.347 e. The van der Waals surface area contributed by atoms with Crippen molar-refractivity contribution in [2.75, 3.05) is 5.88 Å². The summed E-state index contributed by atoms with van der Waals surface area (Å²) in [5.41, 5.74) is 1.09. The summed E-state index contributed by atoms with van der Waals surface area (Å²) in [5, 5.41) is 2.97. The van der Waals surface area contributed by atoms with Gasteiger partial charge in [-0.25, -0.2) is 0 Å². The standard InChI is InChI=1S/C12H17BrClNOS/c1-7(2)4-9(6-14)15-12(16)10-5-8(3)11(13)17-10/h5,7,9H,4,6H2,1-3H3,(H,15,16). The Bertz CT molecular complexity index is 372. The Morgan fingerprint density at radius 1 is 1.59 bits per heavy atom. The highest BCUT2D eigenvalue weighted by atomic mass is 79.9. The maximum Gasteiger partial charge on any atom is 0.261 e. The van der Waals surface area contributed by atoms with Crippen LogP contribution in [-0.2, 0) is 0 Å². The fourth-order valence-electron chi connectivity index (χ4n) is 1.56. The van der Waals surface area contributed by atoms with Gasteiger partial charge >= 0.3 is 0 Å². The van der Waals surface area contributed by atoms with Crippen molar-refractivity contribution in [3.8, 4) is 0 Å². The second-order valence-corrected chi connectivity index (χ2v) is 7.20. The minimum atomic E-state index is -0.0323. The van der Waals surface area contributed by atoms with Crippen molar-refractivity contribution in [1.29, 1.82) is 0 Å². The number of carbonyl (C=O) groups excluding carboxylic acids is 1. The number of hydrogen-bond acceptors (Lipinski definition) is 2. The lowest BCUT2D eigenvalue weighted by atomic mass is 10.1. The first-order valence-electron chi connectivity index (χ1n) is 5.56. The molecule has 0 aromatic carbocycles. The van der Waals surface area contributed by atoms with Crippen LogP contribution in [0.25, 0.3) is 0 Å². The number of alkyl halides is 1. The van der Waals surface area contributed by atoms with Gasteiger partial charge < -0.3 is 5.32 Å². The lowest BCUT2D eigenvalue weighted by Crippen LogP contribution is -2.36. The van der Waals surface area contributed by atoms with Gasteiger partial charge in [0, 0.05) is 11.9 Å². The van der Waals surface area contributed by atoms with Crippen LogP contribution >= 0.6 is 38.9 Å². The molecule has 1 rings (SSSR count). The van der Waals surface area contributed by atoms with Crippen molar-refractivity contribution >= 4 is 44.8 Å². The van der Waals surface area contributed by atoms with E-state index in [9.17, 15) is 4.79 Å². The molecule has 0 aliphatic rings. The summed E-state index contributed by atoms with van der Waals surface area (Å²) in [4.78, 5) is 12.7. The van der Waals surface area contributed by atoms with Crippen molar-refractivity contribution in [1.82, 2.24) is 5.32 Å². The highest BCUT2D eigenvalue weighted by Crippen LogP contribution is 2.27. The van der Waals surface area contributed by atoms with Crippen LogP contribution in [-0.4, -0.2) is 17.8 Å². The number of aryl methyl sites for hydroxylation is 1. The predicted octanol–water partition coefficient (Wildman–Crippen LogP) is 4.20. The van der Waals surface area contributed by atoms with E-state index >= 15 is 0 Å². The Balaban J connectivity index is 2.64. The van der Waals surface area contributed by atoms with E-state index in [1.165, 1.54) is 11.3 Å². The van der Waals surface area contributed by atoms with Gasteiger partial charge in [-0.2, -0.15) is 0 Å². The van der Waals surface area contributed by atoms with E-state index in [0.717, 1.165) is 20.6 Å². The maximum atomic E-state index is 12.0. The summed E-state index contributed by atoms with van der Waals surface area (Å²) >= 11 is 10.7. The number of rotatable bonds is 5. The summed E-state index contributed by atoms with van der Waals surface area (Å²) < 4.78 is 1.01. The molecule has 1 aromatic heterocycles. The zero-order valence-corrected chi connectivity index (χ0v) is 13.4. The minimum Gasteiger partial charge on any atom is -0.347 e. The van der Waals surface area contributed by atoms with Crippen LogP contribution in [0.1, 0.15) is 35.5 Å². The molecular formula is C12H17BrClNOS. The van der Waals surface area contributed by atoms with Crippen molar-refractivity contribution in [2.24, 2.45) is 5.92 Å². The molecule has 1 aromatic rings. The summed E-state index contributed by atoms with van der Waals surface area (Å²) in [6.07, 6.45) is 0.904. The van der Waals surface area contributed by atoms with E-state index < -0.39 is 0 Å². The molecule has 1 atom stereocenters. The maximum absolute atomic E-state index is 12.0. The highest BCUT2D eigenvalue weighted by Gasteiger charge is 2.16. The zero-order chi connectivity index (χ0) is 13.0. The van der Waals surface area contributed by atoms with Crippen LogP contribution < -0.4 is 5.32 Å². The normalized spacial score (nSPS) is 12.8. The van der Waals surface area contributed by atoms with E-state index in [1.807, 2.05) is 13.0 Å². The molecular weight excluding hydrogens is 322 g/mol. The Labute approximate surface area is 120 Å². The average molecular weight is 339 g/mol. The average Bonchev–Trinajstić information content (AvgIpc) is 2.57. The Morgan fingerprint density at radius 2 is 2.24 bits per heavy atom. The van der Waals surface area contributed by atoms with Gasteiger partial charge in [0.2, 0.25) is 0 Å². The lowest BCUT2D eigenvalue weighted by molar-refractivity contribution is 0.0940. The molecule has 0 saturated heterocycles. The molecule has 1 heterocycles. The van der Waals surface area contributed by atoms with Gasteiger partial charge in [-0.3, -0.25) is 4.79 Å². The highest BCUT2D eigenvalue weighted by molar-refractivity contribution is 9.11. The Hall–Kier alpha value is -0.0600. The Kier molecular flexibility index (Phi) is 5.97. The Morgan fingerprint density at radius 3 is 2.65 bits per heavy atom. The molecule has 0 aliphatic carbocycles. The van der Waals surface area contributed by atoms with E-state index in [2.05, 4.69) is 35.1 Å². The molecule has 1 N–H and O–H groups in total. The van der Waals surface area contributed by atoms with Gasteiger partial charge in [0.1, 0.15) is 0 Å². The summed E-state index contributed by atoms with van der Waals surface area (Å²) in [5.74, 6) is 0.945. The first-order chi connectivity index (χ1) is 7.93. The predicted molar refractivity (Wildman–Crippen MR) is 78.2 cm³/mol. The molecule has 0 aliphatic heterocycles. The van der Waals surface area contributed by atoms with Gasteiger partial charge in [-0.15, -0.1) is 22.9 Å². The van der Waals surface area contributed by atoms with Crippen LogP contribution in [0.2, 0.25) is 0 Å². The minimum absolute atomic E-state index is 0.0323. The molecule has 0 bridgehead atoms. The van der Waals surface area contributed by atoms with Crippen LogP contribution in [0.15, 0.2) is 9.85 Å². The fraction of sp³-hybridized carbons (Fsp3) is 0.583. The molecule has 96 valence electrons. The third-order valence-electron chi connectivity index (χ3n) is 2.36. The molecule has 5 heteroatoms. The number of nitrogens with one attached hydrogen (secondary N) is 1. The molecule has 17 heavy (non-hydrogen) atoms. The van der Waals surface area contributed by atoms with Gasteiger partial charge in [0.25, 0.3) is 5.91 Å². The smallest absolute Gasteiger partial charge is 0.261 e. The fourth-order valence-corrected chi connectivity index (χ4v) is 3.20. The molecule has 1 unspecified atom stereocenters. The number of carbonyl (C=O) groups is 1. The monoisotopic (exact) mass is 337 g/mol. The molecule has 0 spiro atoms. The molecule has 0 fully saturated rings. The van der Waals surface area contributed by atoms with Gasteiger partial charge in [0.15, 0.2) is 0 Å². The van der Waals surface area contributed by atoms with Crippen molar-refractivity contribution in [3.05, 3.63) is 20.3 Å².